The topological polar surface area (TPSA) is 67.4 Å². The molecule has 4 rings (SSSR count). The summed E-state index contributed by atoms with van der Waals surface area (Å²) in [6.45, 7) is 1.97. The molecule has 1 N–H and O–H groups in total. The molecule has 28 heavy (non-hydrogen) atoms. The number of carbonyl (C=O) groups excluding carboxylic acids is 1. The Kier molecular flexibility index (Phi) is 5.47. The van der Waals surface area contributed by atoms with Crippen LogP contribution in [-0.4, -0.2) is 29.0 Å². The smallest absolute Gasteiger partial charge is 0.260 e. The van der Waals surface area contributed by atoms with E-state index in [-0.39, 0.29) is 5.91 Å². The second-order valence-corrected chi connectivity index (χ2v) is 6.67. The van der Waals surface area contributed by atoms with Crippen molar-refractivity contribution < 1.29 is 9.53 Å². The largest absolute Gasteiger partial charge is 0.457 e. The molecule has 1 amide bonds. The van der Waals surface area contributed by atoms with E-state index in [0.717, 1.165) is 31.7 Å². The van der Waals surface area contributed by atoms with Gasteiger partial charge >= 0.3 is 0 Å². The molecule has 142 valence electrons. The number of ether oxygens (including phenoxy) is 1. The van der Waals surface area contributed by atoms with Gasteiger partial charge in [-0.25, -0.2) is 9.97 Å². The van der Waals surface area contributed by atoms with Crippen LogP contribution < -0.4 is 15.0 Å². The number of hydrogen-bond acceptors (Lipinski definition) is 5. The van der Waals surface area contributed by atoms with Crippen molar-refractivity contribution in [1.29, 1.82) is 0 Å². The lowest BCUT2D eigenvalue weighted by atomic mass is 10.1. The highest BCUT2D eigenvalue weighted by Gasteiger charge is 2.16. The summed E-state index contributed by atoms with van der Waals surface area (Å²) in [7, 11) is 0. The van der Waals surface area contributed by atoms with Gasteiger partial charge in [0.15, 0.2) is 0 Å². The summed E-state index contributed by atoms with van der Waals surface area (Å²) < 4.78 is 5.89. The fourth-order valence-electron chi connectivity index (χ4n) is 3.25. The first-order valence-electron chi connectivity index (χ1n) is 9.50. The van der Waals surface area contributed by atoms with Crippen molar-refractivity contribution in [3.05, 3.63) is 72.6 Å². The van der Waals surface area contributed by atoms with Crippen molar-refractivity contribution in [3.8, 4) is 11.5 Å². The van der Waals surface area contributed by atoms with Crippen LogP contribution in [0.3, 0.4) is 0 Å². The Bertz CT molecular complexity index is 940. The molecular weight excluding hydrogens is 352 g/mol. The third-order valence-corrected chi connectivity index (χ3v) is 4.68. The standard InChI is InChI=1S/C22H22N4O2/c27-22(18-11-5-6-12-19(18)28-17-9-3-1-4-10-17)25-20-15-21(24-16-23-20)26-13-7-2-8-14-26/h1,3-6,9-12,15-16H,2,7-8,13-14H2,(H,23,24,25,27). The Morgan fingerprint density at radius 2 is 1.68 bits per heavy atom. The molecule has 3 aromatic rings. The summed E-state index contributed by atoms with van der Waals surface area (Å²) in [5, 5.41) is 2.87. The normalized spacial score (nSPS) is 13.8. The fourth-order valence-corrected chi connectivity index (χ4v) is 3.25. The van der Waals surface area contributed by atoms with E-state index in [2.05, 4.69) is 20.2 Å². The summed E-state index contributed by atoms with van der Waals surface area (Å²) >= 11 is 0. The minimum absolute atomic E-state index is 0.269. The van der Waals surface area contributed by atoms with Crippen molar-refractivity contribution in [1.82, 2.24) is 9.97 Å². The van der Waals surface area contributed by atoms with Gasteiger partial charge in [-0.15, -0.1) is 0 Å². The van der Waals surface area contributed by atoms with Crippen LogP contribution in [0.5, 0.6) is 11.5 Å². The lowest BCUT2D eigenvalue weighted by molar-refractivity contribution is 0.102. The molecule has 1 aromatic heterocycles. The monoisotopic (exact) mass is 374 g/mol. The van der Waals surface area contributed by atoms with Crippen molar-refractivity contribution in [2.45, 2.75) is 19.3 Å². The number of amides is 1. The number of aromatic nitrogens is 2. The first-order chi connectivity index (χ1) is 13.8. The van der Waals surface area contributed by atoms with Crippen molar-refractivity contribution in [2.75, 3.05) is 23.3 Å². The van der Waals surface area contributed by atoms with Crippen LogP contribution in [0.1, 0.15) is 29.6 Å². The number of piperidine rings is 1. The molecule has 0 radical (unpaired) electrons. The quantitative estimate of drug-likeness (QED) is 0.712. The maximum atomic E-state index is 12.8. The van der Waals surface area contributed by atoms with Gasteiger partial charge in [0.2, 0.25) is 0 Å². The number of anilines is 2. The number of nitrogens with one attached hydrogen (secondary N) is 1. The SMILES string of the molecule is O=C(Nc1cc(N2CCCCC2)ncn1)c1ccccc1Oc1ccccc1. The van der Waals surface area contributed by atoms with E-state index >= 15 is 0 Å². The van der Waals surface area contributed by atoms with E-state index in [1.54, 1.807) is 12.1 Å². The Hall–Kier alpha value is -3.41. The molecule has 0 aliphatic carbocycles. The molecule has 2 aromatic carbocycles. The fraction of sp³-hybridized carbons (Fsp3) is 0.227. The molecule has 0 spiro atoms. The minimum atomic E-state index is -0.269. The van der Waals surface area contributed by atoms with Gasteiger partial charge in [0.05, 0.1) is 5.56 Å². The number of benzene rings is 2. The number of carbonyl (C=O) groups is 1. The van der Waals surface area contributed by atoms with Gasteiger partial charge < -0.3 is 15.0 Å². The zero-order chi connectivity index (χ0) is 19.2. The number of nitrogens with zero attached hydrogens (tertiary/aromatic N) is 3. The van der Waals surface area contributed by atoms with Crippen LogP contribution in [0.25, 0.3) is 0 Å². The van der Waals surface area contributed by atoms with Gasteiger partial charge in [-0.3, -0.25) is 4.79 Å². The highest BCUT2D eigenvalue weighted by Crippen LogP contribution is 2.26. The van der Waals surface area contributed by atoms with Gasteiger partial charge in [0.1, 0.15) is 29.5 Å². The van der Waals surface area contributed by atoms with E-state index in [9.17, 15) is 4.79 Å². The third-order valence-electron chi connectivity index (χ3n) is 4.68. The number of hydrogen-bond donors (Lipinski definition) is 1. The first kappa shape index (κ1) is 18.0. The summed E-state index contributed by atoms with van der Waals surface area (Å²) in [4.78, 5) is 23.6. The van der Waals surface area contributed by atoms with Crippen LogP contribution in [0.4, 0.5) is 11.6 Å². The van der Waals surface area contributed by atoms with Crippen molar-refractivity contribution >= 4 is 17.5 Å². The van der Waals surface area contributed by atoms with Gasteiger partial charge in [0.25, 0.3) is 5.91 Å². The second kappa shape index (κ2) is 8.52. The Morgan fingerprint density at radius 1 is 0.929 bits per heavy atom. The minimum Gasteiger partial charge on any atom is -0.457 e. The summed E-state index contributed by atoms with van der Waals surface area (Å²) in [5.74, 6) is 2.23. The maximum Gasteiger partial charge on any atom is 0.260 e. The lowest BCUT2D eigenvalue weighted by Crippen LogP contribution is -2.30. The number of para-hydroxylation sites is 2. The Labute approximate surface area is 164 Å². The van der Waals surface area contributed by atoms with Crippen LogP contribution in [-0.2, 0) is 0 Å². The summed E-state index contributed by atoms with van der Waals surface area (Å²) in [6.07, 6.45) is 5.07. The molecule has 1 aliphatic rings. The zero-order valence-electron chi connectivity index (χ0n) is 15.5. The van der Waals surface area contributed by atoms with Gasteiger partial charge in [-0.05, 0) is 43.5 Å². The molecule has 0 bridgehead atoms. The average molecular weight is 374 g/mol. The Morgan fingerprint density at radius 3 is 2.50 bits per heavy atom. The van der Waals surface area contributed by atoms with Crippen molar-refractivity contribution in [3.63, 3.8) is 0 Å². The van der Waals surface area contributed by atoms with Crippen LogP contribution >= 0.6 is 0 Å². The molecule has 1 aliphatic heterocycles. The van der Waals surface area contributed by atoms with Crippen LogP contribution in [0.2, 0.25) is 0 Å². The van der Waals surface area contributed by atoms with Crippen LogP contribution in [0.15, 0.2) is 67.0 Å². The van der Waals surface area contributed by atoms with Gasteiger partial charge in [-0.2, -0.15) is 0 Å². The molecule has 2 heterocycles. The molecule has 6 nitrogen and oxygen atoms in total. The molecule has 6 heteroatoms. The summed E-state index contributed by atoms with van der Waals surface area (Å²) in [5.41, 5.74) is 0.449. The van der Waals surface area contributed by atoms with E-state index in [0.29, 0.717) is 22.9 Å². The van der Waals surface area contributed by atoms with Crippen molar-refractivity contribution in [2.24, 2.45) is 0 Å². The van der Waals surface area contributed by atoms with Gasteiger partial charge in [0, 0.05) is 19.2 Å². The molecule has 0 saturated carbocycles. The predicted molar refractivity (Wildman–Crippen MR) is 109 cm³/mol. The molecule has 0 atom stereocenters. The summed E-state index contributed by atoms with van der Waals surface area (Å²) in [6, 6.07) is 18.4. The van der Waals surface area contributed by atoms with Crippen LogP contribution in [0, 0.1) is 0 Å². The molecule has 1 saturated heterocycles. The van der Waals surface area contributed by atoms with E-state index in [4.69, 9.17) is 4.74 Å². The average Bonchev–Trinajstić information content (AvgIpc) is 2.76. The predicted octanol–water partition coefficient (Wildman–Crippen LogP) is 4.51. The Balaban J connectivity index is 1.51. The van der Waals surface area contributed by atoms with E-state index in [1.165, 1.54) is 12.7 Å². The van der Waals surface area contributed by atoms with E-state index < -0.39 is 0 Å². The third kappa shape index (κ3) is 4.28. The lowest BCUT2D eigenvalue weighted by Gasteiger charge is -2.27. The second-order valence-electron chi connectivity index (χ2n) is 6.67. The molecule has 1 fully saturated rings. The van der Waals surface area contributed by atoms with E-state index in [1.807, 2.05) is 48.5 Å². The highest BCUT2D eigenvalue weighted by molar-refractivity contribution is 6.05. The van der Waals surface area contributed by atoms with Gasteiger partial charge in [-0.1, -0.05) is 30.3 Å². The highest BCUT2D eigenvalue weighted by atomic mass is 16.5. The maximum absolute atomic E-state index is 12.8. The first-order valence-corrected chi connectivity index (χ1v) is 9.50. The molecule has 0 unspecified atom stereocenters. The number of rotatable bonds is 5. The zero-order valence-corrected chi connectivity index (χ0v) is 15.5. The molecular formula is C22H22N4O2.